The molecule has 0 aromatic heterocycles. The van der Waals surface area contributed by atoms with E-state index in [1.165, 1.54) is 0 Å². The Kier molecular flexibility index (Phi) is 4.00. The first-order valence-corrected chi connectivity index (χ1v) is 5.30. The number of aliphatic hydroxyl groups is 1. The van der Waals surface area contributed by atoms with Crippen molar-refractivity contribution in [2.24, 2.45) is 5.10 Å². The van der Waals surface area contributed by atoms with E-state index in [9.17, 15) is 14.7 Å². The molecule has 1 rings (SSSR count). The summed E-state index contributed by atoms with van der Waals surface area (Å²) in [5, 5.41) is 15.9. The van der Waals surface area contributed by atoms with E-state index in [4.69, 9.17) is 0 Å². The fourth-order valence-electron chi connectivity index (χ4n) is 1.14. The molecule has 0 fully saturated rings. The van der Waals surface area contributed by atoms with E-state index in [0.29, 0.717) is 18.6 Å². The van der Waals surface area contributed by atoms with Crippen molar-refractivity contribution in [1.82, 2.24) is 10.7 Å². The Labute approximate surface area is 94.1 Å². The van der Waals surface area contributed by atoms with Gasteiger partial charge in [-0.25, -0.2) is 5.43 Å². The van der Waals surface area contributed by atoms with E-state index in [0.717, 1.165) is 0 Å². The van der Waals surface area contributed by atoms with Crippen LogP contribution in [-0.2, 0) is 9.59 Å². The fourth-order valence-corrected chi connectivity index (χ4v) is 1.14. The van der Waals surface area contributed by atoms with Crippen LogP contribution in [0.1, 0.15) is 33.1 Å². The Hall–Kier alpha value is -1.43. The lowest BCUT2D eigenvalue weighted by molar-refractivity contribution is -0.121. The van der Waals surface area contributed by atoms with E-state index in [-0.39, 0.29) is 24.8 Å². The molecular formula is C10H17N3O3. The molecular weight excluding hydrogens is 210 g/mol. The normalized spacial score (nSPS) is 19.4. The Balaban J connectivity index is 2.44. The summed E-state index contributed by atoms with van der Waals surface area (Å²) in [6, 6.07) is 0. The van der Waals surface area contributed by atoms with Crippen LogP contribution in [0.25, 0.3) is 0 Å². The second-order valence-corrected chi connectivity index (χ2v) is 4.13. The SMILES string of the molecule is CCC(C)(O)CNC(=O)C1=NNC(=O)CC1. The minimum atomic E-state index is -0.909. The van der Waals surface area contributed by atoms with Crippen LogP contribution in [0.3, 0.4) is 0 Å². The molecule has 0 bridgehead atoms. The molecule has 1 heterocycles. The number of hydrogen-bond donors (Lipinski definition) is 3. The van der Waals surface area contributed by atoms with Gasteiger partial charge in [-0.1, -0.05) is 6.92 Å². The molecule has 3 N–H and O–H groups in total. The molecule has 0 aromatic rings. The van der Waals surface area contributed by atoms with Gasteiger partial charge in [0.05, 0.1) is 5.60 Å². The Morgan fingerprint density at radius 1 is 1.62 bits per heavy atom. The summed E-state index contributed by atoms with van der Waals surface area (Å²) in [5.41, 5.74) is 1.64. The molecule has 16 heavy (non-hydrogen) atoms. The van der Waals surface area contributed by atoms with Crippen LogP contribution in [0.15, 0.2) is 5.10 Å². The molecule has 1 aliphatic heterocycles. The van der Waals surface area contributed by atoms with Gasteiger partial charge in [-0.3, -0.25) is 9.59 Å². The van der Waals surface area contributed by atoms with Crippen LogP contribution in [0.5, 0.6) is 0 Å². The number of hydrogen-bond acceptors (Lipinski definition) is 4. The van der Waals surface area contributed by atoms with Gasteiger partial charge >= 0.3 is 0 Å². The molecule has 0 aliphatic carbocycles. The smallest absolute Gasteiger partial charge is 0.267 e. The molecule has 0 saturated heterocycles. The summed E-state index contributed by atoms with van der Waals surface area (Å²) in [5.74, 6) is -0.522. The van der Waals surface area contributed by atoms with Crippen LogP contribution < -0.4 is 10.7 Å². The molecule has 1 unspecified atom stereocenters. The third-order valence-corrected chi connectivity index (χ3v) is 2.56. The number of carbonyl (C=O) groups is 2. The van der Waals surface area contributed by atoms with Gasteiger partial charge in [-0.15, -0.1) is 0 Å². The lowest BCUT2D eigenvalue weighted by Crippen LogP contribution is -2.44. The van der Waals surface area contributed by atoms with Crippen LogP contribution in [0.2, 0.25) is 0 Å². The van der Waals surface area contributed by atoms with Gasteiger partial charge in [0.1, 0.15) is 5.71 Å². The number of hydrazone groups is 1. The summed E-state index contributed by atoms with van der Waals surface area (Å²) in [4.78, 5) is 22.4. The maximum absolute atomic E-state index is 11.6. The zero-order chi connectivity index (χ0) is 12.2. The second-order valence-electron chi connectivity index (χ2n) is 4.13. The van der Waals surface area contributed by atoms with Gasteiger partial charge in [0.2, 0.25) is 5.91 Å². The summed E-state index contributed by atoms with van der Waals surface area (Å²) in [6.45, 7) is 3.66. The van der Waals surface area contributed by atoms with Crippen molar-refractivity contribution in [2.45, 2.75) is 38.7 Å². The monoisotopic (exact) mass is 227 g/mol. The van der Waals surface area contributed by atoms with Crippen LogP contribution in [0.4, 0.5) is 0 Å². The number of rotatable bonds is 4. The van der Waals surface area contributed by atoms with Gasteiger partial charge < -0.3 is 10.4 Å². The molecule has 2 amide bonds. The van der Waals surface area contributed by atoms with Crippen molar-refractivity contribution in [3.63, 3.8) is 0 Å². The Morgan fingerprint density at radius 2 is 2.31 bits per heavy atom. The van der Waals surface area contributed by atoms with Crippen molar-refractivity contribution < 1.29 is 14.7 Å². The van der Waals surface area contributed by atoms with Crippen LogP contribution >= 0.6 is 0 Å². The number of nitrogens with one attached hydrogen (secondary N) is 2. The molecule has 90 valence electrons. The summed E-state index contributed by atoms with van der Waals surface area (Å²) in [7, 11) is 0. The van der Waals surface area contributed by atoms with Gasteiger partial charge in [0, 0.05) is 19.4 Å². The number of nitrogens with zero attached hydrogens (tertiary/aromatic N) is 1. The molecule has 0 aromatic carbocycles. The van der Waals surface area contributed by atoms with Gasteiger partial charge in [-0.05, 0) is 13.3 Å². The number of carbonyl (C=O) groups excluding carboxylic acids is 2. The molecule has 0 radical (unpaired) electrons. The zero-order valence-electron chi connectivity index (χ0n) is 9.54. The highest BCUT2D eigenvalue weighted by Crippen LogP contribution is 2.06. The minimum absolute atomic E-state index is 0.176. The van der Waals surface area contributed by atoms with E-state index >= 15 is 0 Å². The molecule has 0 spiro atoms. The third kappa shape index (κ3) is 3.62. The first-order chi connectivity index (χ1) is 7.44. The van der Waals surface area contributed by atoms with Crippen molar-refractivity contribution in [3.05, 3.63) is 0 Å². The lowest BCUT2D eigenvalue weighted by atomic mass is 10.0. The highest BCUT2D eigenvalue weighted by molar-refractivity contribution is 6.39. The van der Waals surface area contributed by atoms with E-state index in [2.05, 4.69) is 15.8 Å². The van der Waals surface area contributed by atoms with Crippen LogP contribution in [0, 0.1) is 0 Å². The van der Waals surface area contributed by atoms with E-state index < -0.39 is 5.60 Å². The Bertz CT molecular complexity index is 323. The van der Waals surface area contributed by atoms with E-state index in [1.54, 1.807) is 6.92 Å². The zero-order valence-corrected chi connectivity index (χ0v) is 9.54. The lowest BCUT2D eigenvalue weighted by Gasteiger charge is -2.22. The highest BCUT2D eigenvalue weighted by Gasteiger charge is 2.22. The van der Waals surface area contributed by atoms with E-state index in [1.807, 2.05) is 6.92 Å². The first-order valence-electron chi connectivity index (χ1n) is 5.30. The quantitative estimate of drug-likeness (QED) is 0.606. The van der Waals surface area contributed by atoms with Crippen molar-refractivity contribution >= 4 is 17.5 Å². The van der Waals surface area contributed by atoms with Gasteiger partial charge in [0.25, 0.3) is 5.91 Å². The fraction of sp³-hybridized carbons (Fsp3) is 0.700. The molecule has 0 saturated carbocycles. The van der Waals surface area contributed by atoms with Crippen LogP contribution in [-0.4, -0.2) is 34.8 Å². The predicted octanol–water partition coefficient (Wildman–Crippen LogP) is -0.470. The maximum atomic E-state index is 11.6. The molecule has 1 aliphatic rings. The second kappa shape index (κ2) is 5.07. The molecule has 1 atom stereocenters. The van der Waals surface area contributed by atoms with Gasteiger partial charge in [0.15, 0.2) is 0 Å². The largest absolute Gasteiger partial charge is 0.388 e. The average molecular weight is 227 g/mol. The van der Waals surface area contributed by atoms with Crippen molar-refractivity contribution in [3.8, 4) is 0 Å². The molecule has 6 heteroatoms. The van der Waals surface area contributed by atoms with Crippen molar-refractivity contribution in [2.75, 3.05) is 6.54 Å². The van der Waals surface area contributed by atoms with Crippen molar-refractivity contribution in [1.29, 1.82) is 0 Å². The summed E-state index contributed by atoms with van der Waals surface area (Å²) < 4.78 is 0. The predicted molar refractivity (Wildman–Crippen MR) is 58.7 cm³/mol. The summed E-state index contributed by atoms with van der Waals surface area (Å²) >= 11 is 0. The maximum Gasteiger partial charge on any atom is 0.267 e. The minimum Gasteiger partial charge on any atom is -0.388 e. The topological polar surface area (TPSA) is 90.8 Å². The third-order valence-electron chi connectivity index (χ3n) is 2.56. The molecule has 6 nitrogen and oxygen atoms in total. The summed E-state index contributed by atoms with van der Waals surface area (Å²) in [6.07, 6.45) is 1.17. The Morgan fingerprint density at radius 3 is 2.81 bits per heavy atom. The van der Waals surface area contributed by atoms with Gasteiger partial charge in [-0.2, -0.15) is 5.10 Å². The standard InChI is InChI=1S/C10H17N3O3/c1-3-10(2,16)6-11-9(15)7-4-5-8(14)13-12-7/h16H,3-6H2,1-2H3,(H,11,15)(H,13,14). The first kappa shape index (κ1) is 12.6. The average Bonchev–Trinajstić information content (AvgIpc) is 2.27. The number of amides is 2. The highest BCUT2D eigenvalue weighted by atomic mass is 16.3.